The van der Waals surface area contributed by atoms with E-state index in [9.17, 15) is 9.90 Å². The van der Waals surface area contributed by atoms with Crippen LogP contribution in [0.25, 0.3) is 0 Å². The van der Waals surface area contributed by atoms with Crippen molar-refractivity contribution in [3.8, 4) is 0 Å². The van der Waals surface area contributed by atoms with Crippen LogP contribution in [0.15, 0.2) is 12.2 Å². The first-order valence-electron chi connectivity index (χ1n) is 6.66. The fourth-order valence-corrected chi connectivity index (χ4v) is 3.38. The monoisotopic (exact) mass is 222 g/mol. The molecule has 1 unspecified atom stereocenters. The van der Waals surface area contributed by atoms with Crippen LogP contribution in [-0.2, 0) is 4.79 Å². The van der Waals surface area contributed by atoms with Gasteiger partial charge in [0.15, 0.2) is 0 Å². The molecule has 0 spiro atoms. The van der Waals surface area contributed by atoms with Crippen LogP contribution in [0, 0.1) is 11.3 Å². The van der Waals surface area contributed by atoms with Crippen molar-refractivity contribution in [3.05, 3.63) is 12.2 Å². The Morgan fingerprint density at radius 1 is 1.12 bits per heavy atom. The SMILES string of the molecule is O=C(O)C1(C2C=CCCC2)CCCCCC1. The normalized spacial score (nSPS) is 29.6. The van der Waals surface area contributed by atoms with Crippen LogP contribution < -0.4 is 0 Å². The summed E-state index contributed by atoms with van der Waals surface area (Å²) in [5, 5.41) is 9.63. The van der Waals surface area contributed by atoms with Crippen LogP contribution in [-0.4, -0.2) is 11.1 Å². The minimum absolute atomic E-state index is 0.289. The highest BCUT2D eigenvalue weighted by Gasteiger charge is 2.44. The van der Waals surface area contributed by atoms with E-state index in [1.807, 2.05) is 0 Å². The van der Waals surface area contributed by atoms with Gasteiger partial charge in [-0.05, 0) is 38.0 Å². The van der Waals surface area contributed by atoms with E-state index >= 15 is 0 Å². The number of carboxylic acid groups (broad SMARTS) is 1. The molecule has 2 aliphatic carbocycles. The second-order valence-corrected chi connectivity index (χ2v) is 5.34. The molecule has 1 atom stereocenters. The predicted molar refractivity (Wildman–Crippen MR) is 64.3 cm³/mol. The molecule has 2 nitrogen and oxygen atoms in total. The molecule has 0 aromatic heterocycles. The summed E-state index contributed by atoms with van der Waals surface area (Å²) in [6.45, 7) is 0. The summed E-state index contributed by atoms with van der Waals surface area (Å²) in [5.41, 5.74) is -0.437. The Morgan fingerprint density at radius 2 is 1.81 bits per heavy atom. The van der Waals surface area contributed by atoms with Crippen molar-refractivity contribution in [2.75, 3.05) is 0 Å². The molecule has 0 bridgehead atoms. The molecule has 2 rings (SSSR count). The molecule has 0 radical (unpaired) electrons. The van der Waals surface area contributed by atoms with E-state index in [1.54, 1.807) is 0 Å². The van der Waals surface area contributed by atoms with Gasteiger partial charge < -0.3 is 5.11 Å². The second-order valence-electron chi connectivity index (χ2n) is 5.34. The van der Waals surface area contributed by atoms with E-state index in [1.165, 1.54) is 12.8 Å². The Morgan fingerprint density at radius 3 is 2.31 bits per heavy atom. The van der Waals surface area contributed by atoms with Crippen molar-refractivity contribution in [2.24, 2.45) is 11.3 Å². The van der Waals surface area contributed by atoms with E-state index in [-0.39, 0.29) is 5.92 Å². The zero-order valence-electron chi connectivity index (χ0n) is 9.95. The first-order chi connectivity index (χ1) is 7.76. The number of allylic oxidation sites excluding steroid dienone is 2. The summed E-state index contributed by atoms with van der Waals surface area (Å²) in [4.78, 5) is 11.7. The predicted octanol–water partition coefficient (Wildman–Crippen LogP) is 3.77. The van der Waals surface area contributed by atoms with Crippen molar-refractivity contribution in [2.45, 2.75) is 57.8 Å². The number of aliphatic carboxylic acids is 1. The van der Waals surface area contributed by atoms with Gasteiger partial charge in [-0.15, -0.1) is 0 Å². The number of carbonyl (C=O) groups is 1. The van der Waals surface area contributed by atoms with E-state index < -0.39 is 11.4 Å². The third kappa shape index (κ3) is 2.16. The standard InChI is InChI=1S/C14H22O2/c15-13(16)14(10-6-1-2-7-11-14)12-8-4-3-5-9-12/h4,8,12H,1-3,5-7,9-11H2,(H,15,16). The molecule has 1 N–H and O–H groups in total. The van der Waals surface area contributed by atoms with E-state index in [4.69, 9.17) is 0 Å². The first-order valence-corrected chi connectivity index (χ1v) is 6.66. The van der Waals surface area contributed by atoms with E-state index in [0.29, 0.717) is 0 Å². The molecular weight excluding hydrogens is 200 g/mol. The molecule has 0 saturated heterocycles. The van der Waals surface area contributed by atoms with Crippen molar-refractivity contribution in [3.63, 3.8) is 0 Å². The van der Waals surface area contributed by atoms with E-state index in [0.717, 1.165) is 44.9 Å². The van der Waals surface area contributed by atoms with Crippen LogP contribution in [0.5, 0.6) is 0 Å². The molecule has 2 heteroatoms. The Bertz CT molecular complexity index is 272. The van der Waals surface area contributed by atoms with Gasteiger partial charge in [-0.25, -0.2) is 0 Å². The van der Waals surface area contributed by atoms with Gasteiger partial charge in [0.25, 0.3) is 0 Å². The first kappa shape index (κ1) is 11.7. The third-order valence-corrected chi connectivity index (χ3v) is 4.39. The van der Waals surface area contributed by atoms with Gasteiger partial charge in [0.05, 0.1) is 5.41 Å². The van der Waals surface area contributed by atoms with Crippen molar-refractivity contribution in [1.82, 2.24) is 0 Å². The number of rotatable bonds is 2. The van der Waals surface area contributed by atoms with Crippen molar-refractivity contribution >= 4 is 5.97 Å². The Balaban J connectivity index is 2.21. The van der Waals surface area contributed by atoms with Crippen molar-refractivity contribution in [1.29, 1.82) is 0 Å². The maximum Gasteiger partial charge on any atom is 0.310 e. The zero-order chi connectivity index (χ0) is 11.4. The van der Waals surface area contributed by atoms with Gasteiger partial charge in [-0.1, -0.05) is 37.8 Å². The van der Waals surface area contributed by atoms with Crippen LogP contribution in [0.1, 0.15) is 57.8 Å². The molecule has 0 aliphatic heterocycles. The molecule has 0 aromatic carbocycles. The number of carboxylic acids is 1. The Labute approximate surface area is 97.7 Å². The topological polar surface area (TPSA) is 37.3 Å². The summed E-state index contributed by atoms with van der Waals surface area (Å²) < 4.78 is 0. The summed E-state index contributed by atoms with van der Waals surface area (Å²) in [7, 11) is 0. The Hall–Kier alpha value is -0.790. The lowest BCUT2D eigenvalue weighted by molar-refractivity contribution is -0.153. The molecule has 2 aliphatic rings. The molecule has 1 fully saturated rings. The summed E-state index contributed by atoms with van der Waals surface area (Å²) in [6, 6.07) is 0. The molecule has 16 heavy (non-hydrogen) atoms. The highest BCUT2D eigenvalue weighted by molar-refractivity contribution is 5.75. The van der Waals surface area contributed by atoms with Crippen LogP contribution in [0.3, 0.4) is 0 Å². The van der Waals surface area contributed by atoms with Gasteiger partial charge in [0, 0.05) is 0 Å². The molecule has 90 valence electrons. The number of hydrogen-bond acceptors (Lipinski definition) is 1. The average molecular weight is 222 g/mol. The van der Waals surface area contributed by atoms with Crippen LogP contribution in [0.2, 0.25) is 0 Å². The van der Waals surface area contributed by atoms with Gasteiger partial charge in [0.1, 0.15) is 0 Å². The minimum Gasteiger partial charge on any atom is -0.481 e. The molecule has 0 amide bonds. The largest absolute Gasteiger partial charge is 0.481 e. The third-order valence-electron chi connectivity index (χ3n) is 4.39. The fraction of sp³-hybridized carbons (Fsp3) is 0.786. The van der Waals surface area contributed by atoms with Gasteiger partial charge >= 0.3 is 5.97 Å². The number of hydrogen-bond donors (Lipinski definition) is 1. The highest BCUT2D eigenvalue weighted by atomic mass is 16.4. The molecule has 0 aromatic rings. The average Bonchev–Trinajstić information content (AvgIpc) is 2.56. The smallest absolute Gasteiger partial charge is 0.310 e. The van der Waals surface area contributed by atoms with Crippen molar-refractivity contribution < 1.29 is 9.90 Å². The van der Waals surface area contributed by atoms with Gasteiger partial charge in [-0.3, -0.25) is 4.79 Å². The van der Waals surface area contributed by atoms with Crippen LogP contribution >= 0.6 is 0 Å². The lowest BCUT2D eigenvalue weighted by atomic mass is 9.67. The zero-order valence-corrected chi connectivity index (χ0v) is 9.95. The summed E-state index contributed by atoms with van der Waals surface area (Å²) >= 11 is 0. The Kier molecular flexibility index (Phi) is 3.67. The van der Waals surface area contributed by atoms with Gasteiger partial charge in [0.2, 0.25) is 0 Å². The lowest BCUT2D eigenvalue weighted by Gasteiger charge is -2.36. The van der Waals surface area contributed by atoms with Gasteiger partial charge in [-0.2, -0.15) is 0 Å². The quantitative estimate of drug-likeness (QED) is 0.570. The molecule has 1 saturated carbocycles. The summed E-state index contributed by atoms with van der Waals surface area (Å²) in [6.07, 6.45) is 14.1. The highest BCUT2D eigenvalue weighted by Crippen LogP contribution is 2.45. The second kappa shape index (κ2) is 5.03. The molecular formula is C14H22O2. The minimum atomic E-state index is -0.550. The van der Waals surface area contributed by atoms with Crippen LogP contribution in [0.4, 0.5) is 0 Å². The summed E-state index contributed by atoms with van der Waals surface area (Å²) in [5.74, 6) is -0.261. The lowest BCUT2D eigenvalue weighted by Crippen LogP contribution is -2.38. The maximum absolute atomic E-state index is 11.7. The maximum atomic E-state index is 11.7. The van der Waals surface area contributed by atoms with E-state index in [2.05, 4.69) is 12.2 Å². The molecule has 0 heterocycles. The fourth-order valence-electron chi connectivity index (χ4n) is 3.38.